The predicted molar refractivity (Wildman–Crippen MR) is 106 cm³/mol. The molecule has 1 amide bonds. The van der Waals surface area contributed by atoms with Crippen molar-refractivity contribution in [1.29, 1.82) is 5.26 Å². The smallest absolute Gasteiger partial charge is 0.252 e. The lowest BCUT2D eigenvalue weighted by molar-refractivity contribution is 0.0944. The number of carbonyl (C=O) groups is 1. The normalized spacial score (nSPS) is 11.5. The van der Waals surface area contributed by atoms with Gasteiger partial charge in [0.1, 0.15) is 6.04 Å². The average Bonchev–Trinajstić information content (AvgIpc) is 3.12. The monoisotopic (exact) mass is 375 g/mol. The van der Waals surface area contributed by atoms with E-state index in [2.05, 4.69) is 31.8 Å². The lowest BCUT2D eigenvalue weighted by atomic mass is 10.1. The number of aryl methyl sites for hydroxylation is 2. The third-order valence-electron chi connectivity index (χ3n) is 4.22. The molecule has 0 aliphatic rings. The number of anilines is 2. The van der Waals surface area contributed by atoms with Crippen molar-refractivity contribution >= 4 is 17.5 Å². The highest BCUT2D eigenvalue weighted by Crippen LogP contribution is 2.23. The van der Waals surface area contributed by atoms with E-state index in [1.54, 1.807) is 29.2 Å². The van der Waals surface area contributed by atoms with Crippen LogP contribution in [0.5, 0.6) is 0 Å². The van der Waals surface area contributed by atoms with Gasteiger partial charge >= 0.3 is 0 Å². The lowest BCUT2D eigenvalue weighted by Crippen LogP contribution is -2.33. The molecule has 1 atom stereocenters. The Morgan fingerprint density at radius 1 is 1.29 bits per heavy atom. The molecule has 2 aromatic heterocycles. The highest BCUT2D eigenvalue weighted by molar-refractivity contribution is 5.95. The number of hydrogen-bond acceptors (Lipinski definition) is 6. The zero-order valence-corrected chi connectivity index (χ0v) is 16.0. The zero-order chi connectivity index (χ0) is 20.1. The largest absolute Gasteiger partial charge is 0.336 e. The second kappa shape index (κ2) is 8.31. The first-order valence-corrected chi connectivity index (χ1v) is 8.90. The zero-order valence-electron chi connectivity index (χ0n) is 16.0. The van der Waals surface area contributed by atoms with Crippen LogP contribution in [0.15, 0.2) is 42.9 Å². The topological polar surface area (TPSA) is 109 Å². The van der Waals surface area contributed by atoms with Gasteiger partial charge in [0.25, 0.3) is 5.91 Å². The number of hydrogen-bond donors (Lipinski definition) is 2. The number of amides is 1. The number of nitrogens with zero attached hydrogens (tertiary/aromatic N) is 5. The van der Waals surface area contributed by atoms with E-state index in [4.69, 9.17) is 5.26 Å². The van der Waals surface area contributed by atoms with Gasteiger partial charge in [0.2, 0.25) is 5.95 Å². The molecule has 2 N–H and O–H groups in total. The first-order valence-electron chi connectivity index (χ1n) is 8.90. The first kappa shape index (κ1) is 19.0. The molecule has 0 radical (unpaired) electrons. The second-order valence-electron chi connectivity index (χ2n) is 6.39. The van der Waals surface area contributed by atoms with Crippen LogP contribution < -0.4 is 10.6 Å². The maximum Gasteiger partial charge on any atom is 0.252 e. The first-order chi connectivity index (χ1) is 13.5. The van der Waals surface area contributed by atoms with Crippen LogP contribution in [-0.2, 0) is 7.05 Å². The summed E-state index contributed by atoms with van der Waals surface area (Å²) in [5.41, 5.74) is 3.87. The van der Waals surface area contributed by atoms with Gasteiger partial charge in [-0.3, -0.25) is 9.48 Å². The van der Waals surface area contributed by atoms with Crippen LogP contribution in [0.4, 0.5) is 11.6 Å². The Bertz CT molecular complexity index is 1020. The fraction of sp³-hybridized carbons (Fsp3) is 0.250. The molecular weight excluding hydrogens is 354 g/mol. The quantitative estimate of drug-likeness (QED) is 0.686. The van der Waals surface area contributed by atoms with Gasteiger partial charge in [-0.25, -0.2) is 9.97 Å². The van der Waals surface area contributed by atoms with Crippen molar-refractivity contribution in [3.63, 3.8) is 0 Å². The molecule has 1 aromatic carbocycles. The number of nitrogens with one attached hydrogen (secondary N) is 2. The summed E-state index contributed by atoms with van der Waals surface area (Å²) >= 11 is 0. The lowest BCUT2D eigenvalue weighted by Gasteiger charge is -2.11. The molecule has 1 unspecified atom stereocenters. The summed E-state index contributed by atoms with van der Waals surface area (Å²) in [7, 11) is 1.84. The van der Waals surface area contributed by atoms with E-state index < -0.39 is 6.04 Å². The molecule has 8 nitrogen and oxygen atoms in total. The van der Waals surface area contributed by atoms with Crippen molar-refractivity contribution in [2.24, 2.45) is 7.05 Å². The third-order valence-corrected chi connectivity index (χ3v) is 4.22. The van der Waals surface area contributed by atoms with Crippen molar-refractivity contribution in [2.75, 3.05) is 5.32 Å². The molecule has 0 saturated carbocycles. The van der Waals surface area contributed by atoms with E-state index in [-0.39, 0.29) is 5.91 Å². The molecule has 142 valence electrons. The molecule has 0 aliphatic heterocycles. The highest BCUT2D eigenvalue weighted by atomic mass is 16.1. The standard InChI is InChI=1S/C20H21N7O/c1-4-16(9-21)24-19(28)15-7-5-14(6-8-15)18-13(2)10-22-20(26-18)25-17-11-23-27(3)12-17/h5-8,10-12,16H,4H2,1-3H3,(H,24,28)(H,22,25,26). The average molecular weight is 375 g/mol. The van der Waals surface area contributed by atoms with Gasteiger partial charge in [0.15, 0.2) is 0 Å². The minimum absolute atomic E-state index is 0.265. The minimum atomic E-state index is -0.489. The molecule has 0 fully saturated rings. The van der Waals surface area contributed by atoms with Crippen molar-refractivity contribution in [3.8, 4) is 17.3 Å². The van der Waals surface area contributed by atoms with E-state index in [0.717, 1.165) is 22.5 Å². The molecule has 0 saturated heterocycles. The summed E-state index contributed by atoms with van der Waals surface area (Å²) in [6.07, 6.45) is 5.84. The van der Waals surface area contributed by atoms with E-state index in [0.29, 0.717) is 17.9 Å². The van der Waals surface area contributed by atoms with Crippen molar-refractivity contribution < 1.29 is 4.79 Å². The Balaban J connectivity index is 1.80. The van der Waals surface area contributed by atoms with E-state index >= 15 is 0 Å². The van der Waals surface area contributed by atoms with Crippen LogP contribution in [0.2, 0.25) is 0 Å². The predicted octanol–water partition coefficient (Wildman–Crippen LogP) is 2.96. The Morgan fingerprint density at radius 3 is 2.64 bits per heavy atom. The Labute approximate surface area is 163 Å². The SMILES string of the molecule is CCC(C#N)NC(=O)c1ccc(-c2nc(Nc3cnn(C)c3)ncc2C)cc1. The van der Waals surface area contributed by atoms with Gasteiger partial charge in [-0.15, -0.1) is 0 Å². The van der Waals surface area contributed by atoms with Crippen molar-refractivity contribution in [3.05, 3.63) is 54.0 Å². The molecule has 0 aliphatic carbocycles. The summed E-state index contributed by atoms with van der Waals surface area (Å²) < 4.78 is 1.69. The molecule has 3 rings (SSSR count). The molecule has 28 heavy (non-hydrogen) atoms. The number of aromatic nitrogens is 4. The second-order valence-corrected chi connectivity index (χ2v) is 6.39. The van der Waals surface area contributed by atoms with Crippen LogP contribution in [-0.4, -0.2) is 31.7 Å². The molecule has 2 heterocycles. The highest BCUT2D eigenvalue weighted by Gasteiger charge is 2.13. The fourth-order valence-electron chi connectivity index (χ4n) is 2.66. The van der Waals surface area contributed by atoms with E-state index in [1.165, 1.54) is 0 Å². The number of benzene rings is 1. The van der Waals surface area contributed by atoms with Crippen LogP contribution in [0.3, 0.4) is 0 Å². The molecule has 0 bridgehead atoms. The molecule has 0 spiro atoms. The Hall–Kier alpha value is -3.73. The van der Waals surface area contributed by atoms with E-state index in [9.17, 15) is 4.79 Å². The van der Waals surface area contributed by atoms with Gasteiger partial charge in [-0.05, 0) is 31.0 Å². The van der Waals surface area contributed by atoms with Crippen molar-refractivity contribution in [1.82, 2.24) is 25.1 Å². The Morgan fingerprint density at radius 2 is 2.04 bits per heavy atom. The van der Waals surface area contributed by atoms with Crippen LogP contribution >= 0.6 is 0 Å². The van der Waals surface area contributed by atoms with Gasteiger partial charge in [0.05, 0.1) is 23.6 Å². The Kier molecular flexibility index (Phi) is 5.65. The van der Waals surface area contributed by atoms with E-state index in [1.807, 2.05) is 39.2 Å². The van der Waals surface area contributed by atoms with Gasteiger partial charge in [0, 0.05) is 30.6 Å². The summed E-state index contributed by atoms with van der Waals surface area (Å²) in [5.74, 6) is 0.202. The van der Waals surface area contributed by atoms with Gasteiger partial charge in [-0.2, -0.15) is 10.4 Å². The minimum Gasteiger partial charge on any atom is -0.336 e. The maximum atomic E-state index is 12.2. The van der Waals surface area contributed by atoms with Crippen molar-refractivity contribution in [2.45, 2.75) is 26.3 Å². The third kappa shape index (κ3) is 4.32. The van der Waals surface area contributed by atoms with Crippen LogP contribution in [0.25, 0.3) is 11.3 Å². The molecule has 8 heteroatoms. The molecule has 3 aromatic rings. The van der Waals surface area contributed by atoms with Gasteiger partial charge in [-0.1, -0.05) is 19.1 Å². The number of carbonyl (C=O) groups excluding carboxylic acids is 1. The maximum absolute atomic E-state index is 12.2. The summed E-state index contributed by atoms with van der Waals surface area (Å²) in [6, 6.07) is 8.71. The summed E-state index contributed by atoms with van der Waals surface area (Å²) in [4.78, 5) is 21.1. The van der Waals surface area contributed by atoms with Crippen LogP contribution in [0, 0.1) is 18.3 Å². The molecular formula is C20H21N7O. The summed E-state index contributed by atoms with van der Waals surface area (Å²) in [6.45, 7) is 3.79. The van der Waals surface area contributed by atoms with Gasteiger partial charge < -0.3 is 10.6 Å². The summed E-state index contributed by atoms with van der Waals surface area (Å²) in [5, 5.41) is 18.9. The van der Waals surface area contributed by atoms with Crippen LogP contribution in [0.1, 0.15) is 29.3 Å². The number of nitriles is 1. The fourth-order valence-corrected chi connectivity index (χ4v) is 2.66. The number of rotatable bonds is 6.